The van der Waals surface area contributed by atoms with Gasteiger partial charge in [-0.25, -0.2) is 14.3 Å². The van der Waals surface area contributed by atoms with E-state index in [4.69, 9.17) is 11.6 Å². The van der Waals surface area contributed by atoms with Crippen LogP contribution < -0.4 is 0 Å². The van der Waals surface area contributed by atoms with Gasteiger partial charge in [0.2, 0.25) is 0 Å². The number of halogens is 1. The van der Waals surface area contributed by atoms with Crippen LogP contribution in [0.3, 0.4) is 0 Å². The van der Waals surface area contributed by atoms with Crippen molar-refractivity contribution in [2.75, 3.05) is 7.11 Å². The topological polar surface area (TPSA) is 56.5 Å². The molecule has 0 radical (unpaired) electrons. The highest BCUT2D eigenvalue weighted by Gasteiger charge is 2.09. The molecule has 0 unspecified atom stereocenters. The number of aromatic nitrogens is 3. The van der Waals surface area contributed by atoms with E-state index >= 15 is 0 Å². The molecule has 21 heavy (non-hydrogen) atoms. The van der Waals surface area contributed by atoms with Gasteiger partial charge in [-0.2, -0.15) is 5.10 Å². The van der Waals surface area contributed by atoms with Crippen LogP contribution in [-0.2, 0) is 4.74 Å². The fourth-order valence-corrected chi connectivity index (χ4v) is 2.32. The third-order valence-corrected chi connectivity index (χ3v) is 3.38. The summed E-state index contributed by atoms with van der Waals surface area (Å²) in [6.45, 7) is 1.88. The molecule has 0 aliphatic heterocycles. The molecule has 0 aliphatic carbocycles. The molecule has 0 saturated heterocycles. The standard InChI is InChI=1S/C15H12ClN3O2/c1-9-7-14-17-12(8-13(16)19(14)18-9)10-3-5-11(6-4-10)15(20)21-2/h3-8H,1-2H3. The number of carbonyl (C=O) groups is 1. The van der Waals surface area contributed by atoms with E-state index in [9.17, 15) is 4.79 Å². The van der Waals surface area contributed by atoms with Crippen molar-refractivity contribution >= 4 is 23.2 Å². The Labute approximate surface area is 126 Å². The molecule has 106 valence electrons. The quantitative estimate of drug-likeness (QED) is 0.539. The van der Waals surface area contributed by atoms with Crippen LogP contribution in [0.4, 0.5) is 0 Å². The summed E-state index contributed by atoms with van der Waals surface area (Å²) in [5, 5.41) is 4.74. The van der Waals surface area contributed by atoms with Crippen molar-refractivity contribution in [2.45, 2.75) is 6.92 Å². The Hall–Kier alpha value is -2.40. The number of hydrogen-bond donors (Lipinski definition) is 0. The number of ether oxygens (including phenoxy) is 1. The van der Waals surface area contributed by atoms with Gasteiger partial charge in [0.15, 0.2) is 5.65 Å². The lowest BCUT2D eigenvalue weighted by Gasteiger charge is -2.05. The summed E-state index contributed by atoms with van der Waals surface area (Å²) < 4.78 is 6.26. The molecule has 2 aromatic heterocycles. The summed E-state index contributed by atoms with van der Waals surface area (Å²) in [5.41, 5.74) is 3.62. The van der Waals surface area contributed by atoms with Gasteiger partial charge in [-0.05, 0) is 19.1 Å². The van der Waals surface area contributed by atoms with Crippen molar-refractivity contribution in [1.29, 1.82) is 0 Å². The Morgan fingerprint density at radius 1 is 1.24 bits per heavy atom. The van der Waals surface area contributed by atoms with Gasteiger partial charge in [0.05, 0.1) is 24.1 Å². The van der Waals surface area contributed by atoms with Crippen molar-refractivity contribution in [3.8, 4) is 11.3 Å². The van der Waals surface area contributed by atoms with Gasteiger partial charge >= 0.3 is 5.97 Å². The largest absolute Gasteiger partial charge is 0.465 e. The summed E-state index contributed by atoms with van der Waals surface area (Å²) in [6.07, 6.45) is 0. The van der Waals surface area contributed by atoms with Crippen molar-refractivity contribution in [1.82, 2.24) is 14.6 Å². The van der Waals surface area contributed by atoms with Gasteiger partial charge in [-0.1, -0.05) is 23.7 Å². The van der Waals surface area contributed by atoms with Crippen molar-refractivity contribution in [3.63, 3.8) is 0 Å². The zero-order valence-corrected chi connectivity index (χ0v) is 12.3. The highest BCUT2D eigenvalue weighted by Crippen LogP contribution is 2.23. The van der Waals surface area contributed by atoms with E-state index in [0.717, 1.165) is 17.0 Å². The lowest BCUT2D eigenvalue weighted by atomic mass is 10.1. The maximum atomic E-state index is 11.4. The van der Waals surface area contributed by atoms with Crippen molar-refractivity contribution in [2.24, 2.45) is 0 Å². The molecule has 0 spiro atoms. The van der Waals surface area contributed by atoms with Gasteiger partial charge in [-0.15, -0.1) is 0 Å². The monoisotopic (exact) mass is 301 g/mol. The number of fused-ring (bicyclic) bond motifs is 1. The molecule has 0 bridgehead atoms. The minimum absolute atomic E-state index is 0.366. The molecule has 3 rings (SSSR count). The van der Waals surface area contributed by atoms with E-state index in [1.807, 2.05) is 25.1 Å². The smallest absolute Gasteiger partial charge is 0.337 e. The molecule has 2 heterocycles. The van der Waals surface area contributed by atoms with Gasteiger partial charge in [-0.3, -0.25) is 0 Å². The van der Waals surface area contributed by atoms with Crippen LogP contribution in [0.5, 0.6) is 0 Å². The third kappa shape index (κ3) is 2.48. The first-order valence-electron chi connectivity index (χ1n) is 6.30. The second-order valence-corrected chi connectivity index (χ2v) is 4.98. The van der Waals surface area contributed by atoms with Crippen LogP contribution >= 0.6 is 11.6 Å². The molecule has 0 fully saturated rings. The third-order valence-electron chi connectivity index (χ3n) is 3.11. The van der Waals surface area contributed by atoms with Gasteiger partial charge in [0, 0.05) is 17.7 Å². The lowest BCUT2D eigenvalue weighted by molar-refractivity contribution is 0.0601. The first-order chi connectivity index (χ1) is 10.1. The van der Waals surface area contributed by atoms with Crippen molar-refractivity contribution in [3.05, 3.63) is 52.8 Å². The van der Waals surface area contributed by atoms with E-state index < -0.39 is 0 Å². The van der Waals surface area contributed by atoms with Crippen LogP contribution in [0.15, 0.2) is 36.4 Å². The lowest BCUT2D eigenvalue weighted by Crippen LogP contribution is -2.00. The number of methoxy groups -OCH3 is 1. The Bertz CT molecular complexity index is 825. The van der Waals surface area contributed by atoms with E-state index in [-0.39, 0.29) is 5.97 Å². The number of hydrogen-bond acceptors (Lipinski definition) is 4. The predicted molar refractivity (Wildman–Crippen MR) is 79.5 cm³/mol. The predicted octanol–water partition coefficient (Wildman–Crippen LogP) is 3.14. The second-order valence-electron chi connectivity index (χ2n) is 4.59. The highest BCUT2D eigenvalue weighted by molar-refractivity contribution is 6.30. The number of carbonyl (C=O) groups excluding carboxylic acids is 1. The summed E-state index contributed by atoms with van der Waals surface area (Å²) in [4.78, 5) is 15.9. The zero-order valence-electron chi connectivity index (χ0n) is 11.5. The van der Waals surface area contributed by atoms with Crippen LogP contribution in [0.2, 0.25) is 5.15 Å². The molecule has 3 aromatic rings. The average molecular weight is 302 g/mol. The van der Waals surface area contributed by atoms with Crippen LogP contribution in [0.1, 0.15) is 16.1 Å². The van der Waals surface area contributed by atoms with E-state index in [2.05, 4.69) is 14.8 Å². The summed E-state index contributed by atoms with van der Waals surface area (Å²) >= 11 is 6.22. The Morgan fingerprint density at radius 2 is 1.95 bits per heavy atom. The Balaban J connectivity index is 2.05. The minimum atomic E-state index is -0.366. The summed E-state index contributed by atoms with van der Waals surface area (Å²) in [5.74, 6) is -0.366. The molecule has 5 nitrogen and oxygen atoms in total. The van der Waals surface area contributed by atoms with Crippen LogP contribution in [-0.4, -0.2) is 27.7 Å². The first kappa shape index (κ1) is 13.6. The highest BCUT2D eigenvalue weighted by atomic mass is 35.5. The fourth-order valence-electron chi connectivity index (χ4n) is 2.10. The first-order valence-corrected chi connectivity index (χ1v) is 6.68. The summed E-state index contributed by atoms with van der Waals surface area (Å²) in [6, 6.07) is 10.6. The molecule has 0 N–H and O–H groups in total. The minimum Gasteiger partial charge on any atom is -0.465 e. The molecule has 0 aliphatic rings. The number of benzene rings is 1. The van der Waals surface area contributed by atoms with E-state index in [0.29, 0.717) is 16.4 Å². The molecule has 0 saturated carbocycles. The number of aryl methyl sites for hydroxylation is 1. The van der Waals surface area contributed by atoms with Crippen molar-refractivity contribution < 1.29 is 9.53 Å². The van der Waals surface area contributed by atoms with Crippen LogP contribution in [0.25, 0.3) is 16.9 Å². The zero-order chi connectivity index (χ0) is 15.0. The second kappa shape index (κ2) is 5.18. The number of rotatable bonds is 2. The molecule has 1 aromatic carbocycles. The van der Waals surface area contributed by atoms with Crippen LogP contribution in [0, 0.1) is 6.92 Å². The molecular weight excluding hydrogens is 290 g/mol. The van der Waals surface area contributed by atoms with Gasteiger partial charge in [0.1, 0.15) is 5.15 Å². The average Bonchev–Trinajstić information content (AvgIpc) is 2.87. The molecular formula is C15H12ClN3O2. The molecule has 6 heteroatoms. The maximum absolute atomic E-state index is 11.4. The maximum Gasteiger partial charge on any atom is 0.337 e. The number of nitrogens with zero attached hydrogens (tertiary/aromatic N) is 3. The van der Waals surface area contributed by atoms with Gasteiger partial charge in [0.25, 0.3) is 0 Å². The Morgan fingerprint density at radius 3 is 2.62 bits per heavy atom. The molecule has 0 atom stereocenters. The summed E-state index contributed by atoms with van der Waals surface area (Å²) in [7, 11) is 1.35. The molecule has 0 amide bonds. The normalized spacial score (nSPS) is 10.8. The van der Waals surface area contributed by atoms with Gasteiger partial charge < -0.3 is 4.74 Å². The van der Waals surface area contributed by atoms with E-state index in [1.165, 1.54) is 7.11 Å². The Kier molecular flexibility index (Phi) is 3.35. The van der Waals surface area contributed by atoms with E-state index in [1.54, 1.807) is 22.7 Å². The fraction of sp³-hybridized carbons (Fsp3) is 0.133. The number of esters is 1. The SMILES string of the molecule is COC(=O)c1ccc(-c2cc(Cl)n3nc(C)cc3n2)cc1.